The van der Waals surface area contributed by atoms with Gasteiger partial charge < -0.3 is 15.9 Å². The molecule has 0 aliphatic heterocycles. The quantitative estimate of drug-likeness (QED) is 0.578. The van der Waals surface area contributed by atoms with Gasteiger partial charge in [-0.2, -0.15) is 0 Å². The van der Waals surface area contributed by atoms with Crippen molar-refractivity contribution in [1.29, 1.82) is 0 Å². The van der Waals surface area contributed by atoms with Crippen LogP contribution in [0.5, 0.6) is 5.75 Å². The van der Waals surface area contributed by atoms with Gasteiger partial charge in [0.1, 0.15) is 0 Å². The summed E-state index contributed by atoms with van der Waals surface area (Å²) >= 11 is 3.06. The van der Waals surface area contributed by atoms with Gasteiger partial charge in [0.05, 0.1) is 17.6 Å². The lowest BCUT2D eigenvalue weighted by Gasteiger charge is -2.11. The Kier molecular flexibility index (Phi) is 5.66. The van der Waals surface area contributed by atoms with Crippen molar-refractivity contribution in [3.63, 3.8) is 0 Å². The zero-order valence-electron chi connectivity index (χ0n) is 7.96. The minimum absolute atomic E-state index is 0. The summed E-state index contributed by atoms with van der Waals surface area (Å²) in [6, 6.07) is 1.76. The summed E-state index contributed by atoms with van der Waals surface area (Å²) in [7, 11) is 0. The minimum Gasteiger partial charge on any atom is -0.502 e. The largest absolute Gasteiger partial charge is 0.502 e. The molecule has 0 radical (unpaired) electrons. The van der Waals surface area contributed by atoms with E-state index in [0.717, 1.165) is 0 Å². The number of nitro benzene ring substituents is 1. The number of nitrogens with two attached hydrogens (primary N) is 1. The predicted molar refractivity (Wildman–Crippen MR) is 63.7 cm³/mol. The number of halogens is 2. The molecule has 1 aromatic carbocycles. The number of phenols is 1. The van der Waals surface area contributed by atoms with Gasteiger partial charge in [-0.1, -0.05) is 15.9 Å². The third-order valence-corrected chi connectivity index (χ3v) is 2.33. The van der Waals surface area contributed by atoms with Gasteiger partial charge in [-0.15, -0.1) is 12.4 Å². The van der Waals surface area contributed by atoms with Crippen molar-refractivity contribution >= 4 is 34.0 Å². The van der Waals surface area contributed by atoms with Gasteiger partial charge in [0.2, 0.25) is 0 Å². The molecule has 1 aromatic rings. The first kappa shape index (κ1) is 15.1. The second-order valence-corrected chi connectivity index (χ2v) is 3.82. The van der Waals surface area contributed by atoms with E-state index in [4.69, 9.17) is 10.8 Å². The van der Waals surface area contributed by atoms with E-state index in [1.165, 1.54) is 12.1 Å². The number of benzene rings is 1. The van der Waals surface area contributed by atoms with Crippen LogP contribution in [0, 0.1) is 10.1 Å². The average molecular weight is 314 g/mol. The fourth-order valence-corrected chi connectivity index (χ4v) is 1.59. The van der Waals surface area contributed by atoms with Crippen LogP contribution in [-0.2, 0) is 0 Å². The molecule has 0 fully saturated rings. The van der Waals surface area contributed by atoms with E-state index in [2.05, 4.69) is 15.9 Å². The summed E-state index contributed by atoms with van der Waals surface area (Å²) in [5.41, 5.74) is 5.18. The van der Waals surface area contributed by atoms with Gasteiger partial charge in [0, 0.05) is 16.1 Å². The second kappa shape index (κ2) is 6.00. The number of nitro groups is 1. The van der Waals surface area contributed by atoms with Crippen LogP contribution in [0.3, 0.4) is 0 Å². The highest BCUT2D eigenvalue weighted by Crippen LogP contribution is 2.35. The Hall–Kier alpha value is -0.890. The number of phenolic OH excluding ortho intramolecular Hbond substituents is 1. The predicted octanol–water partition coefficient (Wildman–Crippen LogP) is 1.48. The van der Waals surface area contributed by atoms with Crippen molar-refractivity contribution < 1.29 is 15.1 Å². The average Bonchev–Trinajstić information content (AvgIpc) is 2.19. The molecule has 8 heteroatoms. The second-order valence-electron chi connectivity index (χ2n) is 2.91. The lowest BCUT2D eigenvalue weighted by Crippen LogP contribution is -2.15. The van der Waals surface area contributed by atoms with Gasteiger partial charge in [-0.25, -0.2) is 0 Å². The molecule has 0 saturated carbocycles. The Morgan fingerprint density at radius 2 is 2.12 bits per heavy atom. The summed E-state index contributed by atoms with van der Waals surface area (Å²) in [6.45, 7) is -0.402. The Bertz CT molecular complexity index is 402. The first-order valence-corrected chi connectivity index (χ1v) is 4.80. The smallest absolute Gasteiger partial charge is 0.312 e. The molecule has 0 unspecified atom stereocenters. The zero-order valence-corrected chi connectivity index (χ0v) is 10.4. The van der Waals surface area contributed by atoms with Crippen LogP contribution in [0.4, 0.5) is 5.69 Å². The molecular weight excluding hydrogens is 303 g/mol. The molecule has 0 aromatic heterocycles. The first-order valence-electron chi connectivity index (χ1n) is 4.00. The van der Waals surface area contributed by atoms with E-state index >= 15 is 0 Å². The minimum atomic E-state index is -0.846. The maximum atomic E-state index is 10.6. The summed E-state index contributed by atoms with van der Waals surface area (Å²) in [5.74, 6) is -0.509. The van der Waals surface area contributed by atoms with Gasteiger partial charge in [0.25, 0.3) is 0 Å². The maximum Gasteiger partial charge on any atom is 0.312 e. The SMILES string of the molecule is Cl.N[C@H](CO)c1cc(Br)cc([N+](=O)[O-])c1O. The molecule has 0 aliphatic rings. The Labute approximate surface area is 106 Å². The normalized spacial score (nSPS) is 11.7. The molecule has 0 heterocycles. The Morgan fingerprint density at radius 3 is 2.56 bits per heavy atom. The lowest BCUT2D eigenvalue weighted by molar-refractivity contribution is -0.386. The summed E-state index contributed by atoms with van der Waals surface area (Å²) < 4.78 is 0.422. The van der Waals surface area contributed by atoms with E-state index in [-0.39, 0.29) is 18.0 Å². The fourth-order valence-electron chi connectivity index (χ4n) is 1.13. The lowest BCUT2D eigenvalue weighted by atomic mass is 10.1. The van der Waals surface area contributed by atoms with Crippen molar-refractivity contribution in [1.82, 2.24) is 0 Å². The van der Waals surface area contributed by atoms with E-state index in [1.807, 2.05) is 0 Å². The van der Waals surface area contributed by atoms with E-state index in [9.17, 15) is 15.2 Å². The van der Waals surface area contributed by atoms with E-state index in [1.54, 1.807) is 0 Å². The highest BCUT2D eigenvalue weighted by atomic mass is 79.9. The highest BCUT2D eigenvalue weighted by molar-refractivity contribution is 9.10. The highest BCUT2D eigenvalue weighted by Gasteiger charge is 2.21. The first-order chi connectivity index (χ1) is 6.97. The standard InChI is InChI=1S/C8H9BrN2O4.ClH/c9-4-1-5(6(10)3-12)8(13)7(2-4)11(14)15;/h1-2,6,12-13H,3,10H2;1H/t6-;/m1./s1. The molecule has 1 rings (SSSR count). The fraction of sp³-hybridized carbons (Fsp3) is 0.250. The molecule has 90 valence electrons. The maximum absolute atomic E-state index is 10.6. The van der Waals surface area contributed by atoms with E-state index in [0.29, 0.717) is 4.47 Å². The molecule has 6 nitrogen and oxygen atoms in total. The van der Waals surface area contributed by atoms with Crippen LogP contribution in [0.1, 0.15) is 11.6 Å². The van der Waals surface area contributed by atoms with Gasteiger partial charge in [0.15, 0.2) is 5.75 Å². The topological polar surface area (TPSA) is 110 Å². The molecule has 0 spiro atoms. The van der Waals surface area contributed by atoms with Gasteiger partial charge >= 0.3 is 5.69 Å². The molecular formula is C8H10BrClN2O4. The van der Waals surface area contributed by atoms with Crippen LogP contribution in [-0.4, -0.2) is 21.7 Å². The van der Waals surface area contributed by atoms with Crippen molar-refractivity contribution in [3.8, 4) is 5.75 Å². The van der Waals surface area contributed by atoms with Crippen molar-refractivity contribution in [2.24, 2.45) is 5.73 Å². The zero-order chi connectivity index (χ0) is 11.6. The summed E-state index contributed by atoms with van der Waals surface area (Å²) in [5, 5.41) is 28.9. The monoisotopic (exact) mass is 312 g/mol. The number of nitrogens with zero attached hydrogens (tertiary/aromatic N) is 1. The molecule has 4 N–H and O–H groups in total. The van der Waals surface area contributed by atoms with Gasteiger partial charge in [-0.3, -0.25) is 10.1 Å². The Morgan fingerprint density at radius 1 is 1.56 bits per heavy atom. The number of rotatable bonds is 3. The van der Waals surface area contributed by atoms with Crippen molar-refractivity contribution in [2.45, 2.75) is 6.04 Å². The number of aliphatic hydroxyl groups excluding tert-OH is 1. The number of hydrogen-bond acceptors (Lipinski definition) is 5. The van der Waals surface area contributed by atoms with Crippen molar-refractivity contribution in [2.75, 3.05) is 6.61 Å². The molecule has 0 saturated heterocycles. The number of hydrogen-bond donors (Lipinski definition) is 3. The third kappa shape index (κ3) is 3.05. The van der Waals surface area contributed by atoms with Gasteiger partial charge in [-0.05, 0) is 6.07 Å². The van der Waals surface area contributed by atoms with E-state index < -0.39 is 29.0 Å². The Balaban J connectivity index is 0.00000225. The summed E-state index contributed by atoms with van der Waals surface area (Å²) in [6.07, 6.45) is 0. The molecule has 0 aliphatic carbocycles. The molecule has 1 atom stereocenters. The van der Waals surface area contributed by atoms with Crippen molar-refractivity contribution in [3.05, 3.63) is 32.3 Å². The van der Waals surface area contributed by atoms with Crippen LogP contribution < -0.4 is 5.73 Å². The molecule has 0 amide bonds. The van der Waals surface area contributed by atoms with Crippen LogP contribution in [0.2, 0.25) is 0 Å². The molecule has 0 bridgehead atoms. The molecule has 16 heavy (non-hydrogen) atoms. The van der Waals surface area contributed by atoms with Crippen LogP contribution >= 0.6 is 28.3 Å². The van der Waals surface area contributed by atoms with Crippen LogP contribution in [0.15, 0.2) is 16.6 Å². The summed E-state index contributed by atoms with van der Waals surface area (Å²) in [4.78, 5) is 9.84. The third-order valence-electron chi connectivity index (χ3n) is 1.88. The number of aliphatic hydroxyl groups is 1. The number of aromatic hydroxyl groups is 1. The van der Waals surface area contributed by atoms with Crippen LogP contribution in [0.25, 0.3) is 0 Å².